The second-order valence-corrected chi connectivity index (χ2v) is 4.46. The molecule has 17 heavy (non-hydrogen) atoms. The molecule has 1 saturated carbocycles. The fourth-order valence-electron chi connectivity index (χ4n) is 2.10. The lowest BCUT2D eigenvalue weighted by Crippen LogP contribution is -2.50. The summed E-state index contributed by atoms with van der Waals surface area (Å²) in [5, 5.41) is 3.30. The molecule has 2 rings (SSSR count). The number of nitrogens with one attached hydrogen (secondary N) is 1. The van der Waals surface area contributed by atoms with Crippen molar-refractivity contribution in [3.05, 3.63) is 35.9 Å². The van der Waals surface area contributed by atoms with Gasteiger partial charge in [0.05, 0.1) is 7.11 Å². The molecule has 0 aromatic heterocycles. The second-order valence-electron chi connectivity index (χ2n) is 4.46. The molecule has 4 nitrogen and oxygen atoms in total. The highest BCUT2D eigenvalue weighted by molar-refractivity contribution is 5.77. The van der Waals surface area contributed by atoms with Gasteiger partial charge in [0.1, 0.15) is 6.04 Å². The first-order valence-electron chi connectivity index (χ1n) is 5.85. The Hall–Kier alpha value is -1.39. The van der Waals surface area contributed by atoms with Gasteiger partial charge in [0.15, 0.2) is 0 Å². The maximum Gasteiger partial charge on any atom is 0.327 e. The van der Waals surface area contributed by atoms with Crippen LogP contribution in [0.5, 0.6) is 0 Å². The summed E-state index contributed by atoms with van der Waals surface area (Å²) in [7, 11) is 1.41. The lowest BCUT2D eigenvalue weighted by atomic mass is 9.86. The predicted molar refractivity (Wildman–Crippen MR) is 65.3 cm³/mol. The molecule has 1 aromatic carbocycles. The number of carbonyl (C=O) groups is 1. The van der Waals surface area contributed by atoms with E-state index in [0.717, 1.165) is 18.4 Å². The minimum atomic E-state index is -0.390. The number of methoxy groups -OCH3 is 1. The smallest absolute Gasteiger partial charge is 0.327 e. The predicted octanol–water partition coefficient (Wildman–Crippen LogP) is 0.980. The van der Waals surface area contributed by atoms with Crippen LogP contribution >= 0.6 is 0 Å². The summed E-state index contributed by atoms with van der Waals surface area (Å²) in [6, 6.07) is 9.80. The minimum absolute atomic E-state index is 0.253. The molecular weight excluding hydrogens is 216 g/mol. The zero-order valence-electron chi connectivity index (χ0n) is 9.93. The summed E-state index contributed by atoms with van der Waals surface area (Å²) in [6.45, 7) is 0. The van der Waals surface area contributed by atoms with E-state index in [1.807, 2.05) is 30.3 Å². The molecule has 1 aliphatic carbocycles. The average molecular weight is 234 g/mol. The SMILES string of the molecule is COC(=O)C(NC1CC(N)C1)c1ccccc1. The molecule has 3 N–H and O–H groups in total. The van der Waals surface area contributed by atoms with E-state index in [2.05, 4.69) is 5.32 Å². The van der Waals surface area contributed by atoms with Crippen LogP contribution in [0.1, 0.15) is 24.4 Å². The van der Waals surface area contributed by atoms with Gasteiger partial charge in [-0.25, -0.2) is 4.79 Å². The normalized spacial score (nSPS) is 24.8. The monoisotopic (exact) mass is 234 g/mol. The molecule has 0 saturated heterocycles. The molecule has 4 heteroatoms. The molecule has 0 heterocycles. The summed E-state index contributed by atoms with van der Waals surface area (Å²) in [4.78, 5) is 11.8. The van der Waals surface area contributed by atoms with Crippen molar-refractivity contribution in [2.75, 3.05) is 7.11 Å². The summed E-state index contributed by atoms with van der Waals surface area (Å²) in [5.41, 5.74) is 6.67. The van der Waals surface area contributed by atoms with Crippen molar-refractivity contribution in [3.63, 3.8) is 0 Å². The van der Waals surface area contributed by atoms with Crippen LogP contribution in [0.25, 0.3) is 0 Å². The van der Waals surface area contributed by atoms with Crippen molar-refractivity contribution in [2.24, 2.45) is 5.73 Å². The zero-order valence-corrected chi connectivity index (χ0v) is 9.93. The number of esters is 1. The molecule has 1 unspecified atom stereocenters. The Morgan fingerprint density at radius 3 is 2.59 bits per heavy atom. The second kappa shape index (κ2) is 5.29. The Morgan fingerprint density at radius 1 is 1.41 bits per heavy atom. The highest BCUT2D eigenvalue weighted by Gasteiger charge is 2.31. The molecule has 0 spiro atoms. The van der Waals surface area contributed by atoms with E-state index < -0.39 is 6.04 Å². The largest absolute Gasteiger partial charge is 0.468 e. The van der Waals surface area contributed by atoms with Crippen molar-refractivity contribution < 1.29 is 9.53 Å². The van der Waals surface area contributed by atoms with E-state index in [9.17, 15) is 4.79 Å². The molecule has 0 aliphatic heterocycles. The Morgan fingerprint density at radius 2 is 2.06 bits per heavy atom. The van der Waals surface area contributed by atoms with Gasteiger partial charge < -0.3 is 10.5 Å². The fourth-order valence-corrected chi connectivity index (χ4v) is 2.10. The van der Waals surface area contributed by atoms with Crippen molar-refractivity contribution in [1.29, 1.82) is 0 Å². The van der Waals surface area contributed by atoms with Gasteiger partial charge in [0.2, 0.25) is 0 Å². The summed E-state index contributed by atoms with van der Waals surface area (Å²) in [5.74, 6) is -0.253. The third-order valence-electron chi connectivity index (χ3n) is 3.15. The summed E-state index contributed by atoms with van der Waals surface area (Å²) < 4.78 is 4.83. The lowest BCUT2D eigenvalue weighted by molar-refractivity contribution is -0.143. The Labute approximate surface area is 101 Å². The quantitative estimate of drug-likeness (QED) is 0.762. The minimum Gasteiger partial charge on any atom is -0.468 e. The molecule has 1 atom stereocenters. The van der Waals surface area contributed by atoms with Gasteiger partial charge in [-0.2, -0.15) is 0 Å². The number of ether oxygens (including phenoxy) is 1. The van der Waals surface area contributed by atoms with Crippen LogP contribution in [0.4, 0.5) is 0 Å². The Bertz CT molecular complexity index is 374. The maximum absolute atomic E-state index is 11.8. The van der Waals surface area contributed by atoms with Crippen molar-refractivity contribution in [2.45, 2.75) is 31.0 Å². The fraction of sp³-hybridized carbons (Fsp3) is 0.462. The number of hydrogen-bond acceptors (Lipinski definition) is 4. The van der Waals surface area contributed by atoms with Gasteiger partial charge in [0.25, 0.3) is 0 Å². The van der Waals surface area contributed by atoms with E-state index in [1.54, 1.807) is 0 Å². The van der Waals surface area contributed by atoms with Crippen LogP contribution in [0, 0.1) is 0 Å². The zero-order chi connectivity index (χ0) is 12.3. The van der Waals surface area contributed by atoms with Gasteiger partial charge in [-0.05, 0) is 18.4 Å². The van der Waals surface area contributed by atoms with Crippen LogP contribution in [0.15, 0.2) is 30.3 Å². The number of carbonyl (C=O) groups excluding carboxylic acids is 1. The highest BCUT2D eigenvalue weighted by Crippen LogP contribution is 2.23. The van der Waals surface area contributed by atoms with E-state index >= 15 is 0 Å². The van der Waals surface area contributed by atoms with E-state index in [-0.39, 0.29) is 12.0 Å². The van der Waals surface area contributed by atoms with E-state index in [4.69, 9.17) is 10.5 Å². The van der Waals surface area contributed by atoms with Crippen LogP contribution < -0.4 is 11.1 Å². The van der Waals surface area contributed by atoms with Crippen LogP contribution in [-0.4, -0.2) is 25.2 Å². The molecule has 92 valence electrons. The molecule has 1 aliphatic rings. The van der Waals surface area contributed by atoms with Crippen molar-refractivity contribution >= 4 is 5.97 Å². The maximum atomic E-state index is 11.8. The number of hydrogen-bond donors (Lipinski definition) is 2. The van der Waals surface area contributed by atoms with Crippen LogP contribution in [-0.2, 0) is 9.53 Å². The van der Waals surface area contributed by atoms with Crippen molar-refractivity contribution in [1.82, 2.24) is 5.32 Å². The first-order valence-corrected chi connectivity index (χ1v) is 5.85. The molecular formula is C13H18N2O2. The topological polar surface area (TPSA) is 64.3 Å². The molecule has 1 aromatic rings. The van der Waals surface area contributed by atoms with Gasteiger partial charge in [0, 0.05) is 12.1 Å². The van der Waals surface area contributed by atoms with Crippen LogP contribution in [0.2, 0.25) is 0 Å². The first-order chi connectivity index (χ1) is 8.20. The molecule has 0 amide bonds. The van der Waals surface area contributed by atoms with Gasteiger partial charge in [-0.15, -0.1) is 0 Å². The standard InChI is InChI=1S/C13H18N2O2/c1-17-13(16)12(9-5-3-2-4-6-9)15-11-7-10(14)8-11/h2-6,10-12,15H,7-8,14H2,1H3. The van der Waals surface area contributed by atoms with Crippen molar-refractivity contribution in [3.8, 4) is 0 Å². The Kier molecular flexibility index (Phi) is 3.76. The van der Waals surface area contributed by atoms with Gasteiger partial charge >= 0.3 is 5.97 Å². The van der Waals surface area contributed by atoms with E-state index in [0.29, 0.717) is 6.04 Å². The summed E-state index contributed by atoms with van der Waals surface area (Å²) in [6.07, 6.45) is 1.83. The lowest BCUT2D eigenvalue weighted by Gasteiger charge is -2.35. The third-order valence-corrected chi connectivity index (χ3v) is 3.15. The van der Waals surface area contributed by atoms with E-state index in [1.165, 1.54) is 7.11 Å². The average Bonchev–Trinajstić information content (AvgIpc) is 2.33. The number of nitrogens with two attached hydrogens (primary N) is 1. The summed E-state index contributed by atoms with van der Waals surface area (Å²) >= 11 is 0. The van der Waals surface area contributed by atoms with Gasteiger partial charge in [-0.3, -0.25) is 5.32 Å². The molecule has 0 bridgehead atoms. The Balaban J connectivity index is 2.06. The van der Waals surface area contributed by atoms with Crippen LogP contribution in [0.3, 0.4) is 0 Å². The molecule has 0 radical (unpaired) electrons. The number of rotatable bonds is 4. The first kappa shape index (κ1) is 12.1. The third kappa shape index (κ3) is 2.84. The molecule has 1 fully saturated rings. The number of benzene rings is 1. The highest BCUT2D eigenvalue weighted by atomic mass is 16.5. The van der Waals surface area contributed by atoms with Gasteiger partial charge in [-0.1, -0.05) is 30.3 Å².